The molecule has 11 nitrogen and oxygen atoms in total. The number of esters is 2. The van der Waals surface area contributed by atoms with Crippen LogP contribution < -0.4 is 5.32 Å². The van der Waals surface area contributed by atoms with E-state index in [1.807, 2.05) is 0 Å². The first kappa shape index (κ1) is 44.2. The average molecular weight is 662 g/mol. The van der Waals surface area contributed by atoms with Crippen molar-refractivity contribution in [2.75, 3.05) is 19.8 Å². The molecular formula is C35H67NO10. The van der Waals surface area contributed by atoms with E-state index >= 15 is 0 Å². The van der Waals surface area contributed by atoms with Crippen LogP contribution in [-0.2, 0) is 23.9 Å². The fourth-order valence-corrected chi connectivity index (χ4v) is 5.16. The quantitative estimate of drug-likeness (QED) is 0.0440. The number of rotatable bonds is 32. The van der Waals surface area contributed by atoms with Crippen molar-refractivity contribution < 1.29 is 49.4 Å². The highest BCUT2D eigenvalue weighted by Gasteiger charge is 2.36. The summed E-state index contributed by atoms with van der Waals surface area (Å²) in [4.78, 5) is 37.8. The van der Waals surface area contributed by atoms with Crippen LogP contribution in [0.4, 0.5) is 0 Å². The van der Waals surface area contributed by atoms with E-state index in [1.54, 1.807) is 0 Å². The molecule has 272 valence electrons. The molecule has 5 atom stereocenters. The first-order valence-electron chi connectivity index (χ1n) is 18.1. The molecule has 0 fully saturated rings. The summed E-state index contributed by atoms with van der Waals surface area (Å²) in [7, 11) is 0. The second-order valence-electron chi connectivity index (χ2n) is 12.5. The van der Waals surface area contributed by atoms with Crippen LogP contribution in [0.15, 0.2) is 0 Å². The van der Waals surface area contributed by atoms with Gasteiger partial charge in [0.15, 0.2) is 6.10 Å². The molecule has 0 bridgehead atoms. The van der Waals surface area contributed by atoms with Crippen LogP contribution in [0.2, 0.25) is 0 Å². The molecule has 0 aliphatic carbocycles. The number of carbonyl (C=O) groups excluding carboxylic acids is 3. The van der Waals surface area contributed by atoms with Crippen LogP contribution in [-0.4, -0.2) is 93.7 Å². The van der Waals surface area contributed by atoms with Crippen molar-refractivity contribution in [1.82, 2.24) is 5.32 Å². The molecule has 0 spiro atoms. The number of unbranched alkanes of at least 4 members (excludes halogenated alkanes) is 18. The summed E-state index contributed by atoms with van der Waals surface area (Å²) in [6.45, 7) is 3.91. The highest BCUT2D eigenvalue weighted by molar-refractivity contribution is 5.87. The Kier molecular flexibility index (Phi) is 29.3. The number of nitrogens with one attached hydrogen (secondary N) is 1. The largest absolute Gasteiger partial charge is 0.466 e. The molecule has 46 heavy (non-hydrogen) atoms. The Bertz CT molecular complexity index is 753. The topological polar surface area (TPSA) is 183 Å². The molecule has 4 unspecified atom stereocenters. The molecule has 0 saturated carbocycles. The standard InChI is InChI=1S/C35H67NO10/c1-3-5-7-9-11-13-15-17-19-21-25-45-30(39)24-23-28(36-34(43)33(42)32(41)31(40)29(38)27-37)35(44)46-26-22-20-18-16-14-12-10-8-6-4-2/h28-29,31-33,37-38,40-42H,3-27H2,1-2H3,(H,36,43)/t28-,29?,31?,32?,33?/m1/s1. The number of hydrogen-bond donors (Lipinski definition) is 6. The first-order chi connectivity index (χ1) is 22.2. The van der Waals surface area contributed by atoms with Crippen LogP contribution >= 0.6 is 0 Å². The number of ether oxygens (including phenoxy) is 2. The molecule has 0 aromatic heterocycles. The van der Waals surface area contributed by atoms with E-state index in [0.29, 0.717) is 6.42 Å². The second-order valence-corrected chi connectivity index (χ2v) is 12.5. The zero-order valence-corrected chi connectivity index (χ0v) is 28.8. The molecule has 1 amide bonds. The van der Waals surface area contributed by atoms with Crippen molar-refractivity contribution in [3.63, 3.8) is 0 Å². The predicted molar refractivity (Wildman–Crippen MR) is 178 cm³/mol. The summed E-state index contributed by atoms with van der Waals surface area (Å²) in [6, 6.07) is -1.30. The summed E-state index contributed by atoms with van der Waals surface area (Å²) in [5.41, 5.74) is 0. The minimum atomic E-state index is -2.21. The lowest BCUT2D eigenvalue weighted by Crippen LogP contribution is -2.54. The van der Waals surface area contributed by atoms with E-state index in [0.717, 1.165) is 38.5 Å². The number of aliphatic hydroxyl groups is 5. The van der Waals surface area contributed by atoms with Gasteiger partial charge in [-0.1, -0.05) is 129 Å². The Balaban J connectivity index is 4.65. The minimum absolute atomic E-state index is 0.136. The van der Waals surface area contributed by atoms with Crippen molar-refractivity contribution >= 4 is 17.8 Å². The van der Waals surface area contributed by atoms with Crippen LogP contribution in [0.1, 0.15) is 155 Å². The smallest absolute Gasteiger partial charge is 0.328 e. The molecule has 0 radical (unpaired) electrons. The Morgan fingerprint density at radius 1 is 0.587 bits per heavy atom. The Labute approximate surface area is 277 Å². The third-order valence-electron chi connectivity index (χ3n) is 8.26. The molecule has 0 rings (SSSR count). The van der Waals surface area contributed by atoms with Gasteiger partial charge in [0.2, 0.25) is 0 Å². The normalized spacial score (nSPS) is 14.7. The molecule has 0 aromatic rings. The van der Waals surface area contributed by atoms with E-state index in [-0.39, 0.29) is 26.1 Å². The van der Waals surface area contributed by atoms with Gasteiger partial charge in [-0.3, -0.25) is 9.59 Å². The maximum absolute atomic E-state index is 12.8. The summed E-state index contributed by atoms with van der Waals surface area (Å²) in [6.07, 6.45) is 14.3. The first-order valence-corrected chi connectivity index (χ1v) is 18.1. The lowest BCUT2D eigenvalue weighted by Gasteiger charge is -2.26. The second kappa shape index (κ2) is 30.5. The lowest BCUT2D eigenvalue weighted by molar-refractivity contribution is -0.155. The SMILES string of the molecule is CCCCCCCCCCCCOC(=O)CC[C@@H](NC(=O)C(O)C(O)C(O)C(O)CO)C(=O)OCCCCCCCCCCCC. The van der Waals surface area contributed by atoms with Gasteiger partial charge in [-0.05, 0) is 19.3 Å². The van der Waals surface area contributed by atoms with Gasteiger partial charge in [0.25, 0.3) is 5.91 Å². The van der Waals surface area contributed by atoms with Crippen molar-refractivity contribution in [3.8, 4) is 0 Å². The van der Waals surface area contributed by atoms with Gasteiger partial charge in [-0.25, -0.2) is 4.79 Å². The fraction of sp³-hybridized carbons (Fsp3) is 0.914. The molecule has 0 aliphatic heterocycles. The van der Waals surface area contributed by atoms with Crippen molar-refractivity contribution in [2.45, 2.75) is 186 Å². The van der Waals surface area contributed by atoms with Gasteiger partial charge in [-0.15, -0.1) is 0 Å². The molecule has 0 saturated heterocycles. The van der Waals surface area contributed by atoms with E-state index in [1.165, 1.54) is 83.5 Å². The van der Waals surface area contributed by atoms with Gasteiger partial charge in [0, 0.05) is 6.42 Å². The van der Waals surface area contributed by atoms with Crippen LogP contribution in [0.5, 0.6) is 0 Å². The number of aliphatic hydroxyl groups excluding tert-OH is 5. The van der Waals surface area contributed by atoms with Crippen molar-refractivity contribution in [1.29, 1.82) is 0 Å². The molecule has 0 heterocycles. The lowest BCUT2D eigenvalue weighted by atomic mass is 10.0. The molecule has 6 N–H and O–H groups in total. The summed E-state index contributed by atoms with van der Waals surface area (Å²) in [5, 5.41) is 50.9. The van der Waals surface area contributed by atoms with Gasteiger partial charge < -0.3 is 40.3 Å². The van der Waals surface area contributed by atoms with E-state index in [2.05, 4.69) is 19.2 Å². The Morgan fingerprint density at radius 3 is 1.43 bits per heavy atom. The Morgan fingerprint density at radius 2 is 1.00 bits per heavy atom. The van der Waals surface area contributed by atoms with Gasteiger partial charge in [0.05, 0.1) is 19.8 Å². The van der Waals surface area contributed by atoms with Gasteiger partial charge in [0.1, 0.15) is 24.4 Å². The van der Waals surface area contributed by atoms with E-state index in [4.69, 9.17) is 14.6 Å². The van der Waals surface area contributed by atoms with Crippen LogP contribution in [0, 0.1) is 0 Å². The summed E-state index contributed by atoms with van der Waals surface area (Å²) in [5.74, 6) is -2.51. The zero-order valence-electron chi connectivity index (χ0n) is 28.8. The maximum atomic E-state index is 12.8. The summed E-state index contributed by atoms with van der Waals surface area (Å²) >= 11 is 0. The predicted octanol–water partition coefficient (Wildman–Crippen LogP) is 4.62. The Hall–Kier alpha value is -1.79. The monoisotopic (exact) mass is 661 g/mol. The van der Waals surface area contributed by atoms with E-state index < -0.39 is 54.9 Å². The van der Waals surface area contributed by atoms with Gasteiger partial charge in [-0.2, -0.15) is 0 Å². The third kappa shape index (κ3) is 23.5. The number of carbonyl (C=O) groups is 3. The number of amides is 1. The zero-order chi connectivity index (χ0) is 34.4. The third-order valence-corrected chi connectivity index (χ3v) is 8.26. The van der Waals surface area contributed by atoms with Crippen LogP contribution in [0.3, 0.4) is 0 Å². The minimum Gasteiger partial charge on any atom is -0.466 e. The maximum Gasteiger partial charge on any atom is 0.328 e. The highest BCUT2D eigenvalue weighted by Crippen LogP contribution is 2.13. The highest BCUT2D eigenvalue weighted by atomic mass is 16.5. The van der Waals surface area contributed by atoms with Gasteiger partial charge >= 0.3 is 11.9 Å². The molecule has 0 aromatic carbocycles. The van der Waals surface area contributed by atoms with E-state index in [9.17, 15) is 34.8 Å². The summed E-state index contributed by atoms with van der Waals surface area (Å²) < 4.78 is 10.7. The molecule has 11 heteroatoms. The van der Waals surface area contributed by atoms with Crippen LogP contribution in [0.25, 0.3) is 0 Å². The fourth-order valence-electron chi connectivity index (χ4n) is 5.16. The molecule has 0 aliphatic rings. The van der Waals surface area contributed by atoms with Crippen molar-refractivity contribution in [2.24, 2.45) is 0 Å². The number of hydrogen-bond acceptors (Lipinski definition) is 10. The van der Waals surface area contributed by atoms with Crippen molar-refractivity contribution in [3.05, 3.63) is 0 Å². The average Bonchev–Trinajstić information content (AvgIpc) is 3.06. The molecular weight excluding hydrogens is 594 g/mol.